The van der Waals surface area contributed by atoms with Gasteiger partial charge in [-0.2, -0.15) is 0 Å². The molecule has 0 bridgehead atoms. The second-order valence-corrected chi connectivity index (χ2v) is 5.53. The average molecular weight is 290 g/mol. The molecule has 0 aliphatic carbocycles. The number of hydrogen-bond acceptors (Lipinski definition) is 3. The molecule has 1 unspecified atom stereocenters. The zero-order chi connectivity index (χ0) is 14.1. The molecule has 3 nitrogen and oxygen atoms in total. The van der Waals surface area contributed by atoms with Crippen molar-refractivity contribution in [1.82, 2.24) is 0 Å². The van der Waals surface area contributed by atoms with Crippen molar-refractivity contribution in [2.24, 2.45) is 5.92 Å². The molecule has 4 heteroatoms. The molecule has 0 saturated heterocycles. The summed E-state index contributed by atoms with van der Waals surface area (Å²) in [6, 6.07) is 11.5. The van der Waals surface area contributed by atoms with Crippen molar-refractivity contribution in [3.05, 3.63) is 41.4 Å². The van der Waals surface area contributed by atoms with Crippen LogP contribution in [0.5, 0.6) is 11.5 Å². The van der Waals surface area contributed by atoms with Crippen molar-refractivity contribution in [3.63, 3.8) is 0 Å². The van der Waals surface area contributed by atoms with Crippen molar-refractivity contribution in [2.75, 3.05) is 18.9 Å². The summed E-state index contributed by atoms with van der Waals surface area (Å²) in [5.41, 5.74) is 8.36. The molecule has 0 fully saturated rings. The number of anilines is 1. The van der Waals surface area contributed by atoms with E-state index >= 15 is 0 Å². The van der Waals surface area contributed by atoms with Gasteiger partial charge >= 0.3 is 0 Å². The number of benzene rings is 2. The third-order valence-corrected chi connectivity index (χ3v) is 3.65. The normalized spacial score (nSPS) is 17.6. The summed E-state index contributed by atoms with van der Waals surface area (Å²) in [6.45, 7) is 3.45. The monoisotopic (exact) mass is 289 g/mol. The maximum absolute atomic E-state index is 6.07. The topological polar surface area (TPSA) is 44.5 Å². The van der Waals surface area contributed by atoms with E-state index in [9.17, 15) is 0 Å². The lowest BCUT2D eigenvalue weighted by molar-refractivity contribution is 0.228. The van der Waals surface area contributed by atoms with Gasteiger partial charge in [0.15, 0.2) is 11.5 Å². The Morgan fingerprint density at radius 3 is 2.40 bits per heavy atom. The third kappa shape index (κ3) is 2.54. The molecule has 0 saturated carbocycles. The van der Waals surface area contributed by atoms with Gasteiger partial charge in [0.2, 0.25) is 0 Å². The van der Waals surface area contributed by atoms with Crippen LogP contribution in [0.15, 0.2) is 36.4 Å². The van der Waals surface area contributed by atoms with Crippen LogP contribution in [0.1, 0.15) is 6.92 Å². The first-order valence-corrected chi connectivity index (χ1v) is 6.96. The van der Waals surface area contributed by atoms with Crippen LogP contribution in [-0.2, 0) is 0 Å². The van der Waals surface area contributed by atoms with Gasteiger partial charge in [0.1, 0.15) is 0 Å². The average Bonchev–Trinajstić information content (AvgIpc) is 2.64. The van der Waals surface area contributed by atoms with E-state index in [2.05, 4.69) is 6.92 Å². The highest BCUT2D eigenvalue weighted by Crippen LogP contribution is 2.36. The van der Waals surface area contributed by atoms with E-state index < -0.39 is 0 Å². The molecule has 1 aliphatic rings. The van der Waals surface area contributed by atoms with Gasteiger partial charge in [0.25, 0.3) is 0 Å². The fourth-order valence-electron chi connectivity index (χ4n) is 2.14. The van der Waals surface area contributed by atoms with Gasteiger partial charge < -0.3 is 15.2 Å². The molecular formula is C16H16ClNO2. The zero-order valence-corrected chi connectivity index (χ0v) is 12.0. The Morgan fingerprint density at radius 2 is 1.65 bits per heavy atom. The predicted molar refractivity (Wildman–Crippen MR) is 81.5 cm³/mol. The number of halogens is 1. The van der Waals surface area contributed by atoms with Gasteiger partial charge in [-0.05, 0) is 35.4 Å². The molecule has 2 aromatic rings. The van der Waals surface area contributed by atoms with Crippen LogP contribution in [-0.4, -0.2) is 13.2 Å². The minimum atomic E-state index is 0.386. The fourth-order valence-corrected chi connectivity index (χ4v) is 2.32. The van der Waals surface area contributed by atoms with Crippen LogP contribution in [0.25, 0.3) is 11.1 Å². The highest BCUT2D eigenvalue weighted by molar-refractivity contribution is 6.33. The smallest absolute Gasteiger partial charge is 0.161 e. The first-order chi connectivity index (χ1) is 9.63. The van der Waals surface area contributed by atoms with Crippen LogP contribution >= 0.6 is 11.6 Å². The van der Waals surface area contributed by atoms with E-state index in [0.29, 0.717) is 29.8 Å². The van der Waals surface area contributed by atoms with Gasteiger partial charge in [0.05, 0.1) is 23.9 Å². The SMILES string of the molecule is CC1COc2ccc(-c3ccc(N)c(Cl)c3)cc2OC1. The van der Waals surface area contributed by atoms with Crippen LogP contribution in [0.2, 0.25) is 5.02 Å². The van der Waals surface area contributed by atoms with Gasteiger partial charge in [-0.3, -0.25) is 0 Å². The van der Waals surface area contributed by atoms with Crippen molar-refractivity contribution >= 4 is 17.3 Å². The lowest BCUT2D eigenvalue weighted by Gasteiger charge is -2.10. The second-order valence-electron chi connectivity index (χ2n) is 5.12. The Balaban J connectivity index is 1.97. The maximum atomic E-state index is 6.07. The molecule has 1 aliphatic heterocycles. The molecule has 0 amide bonds. The van der Waals surface area contributed by atoms with Crippen molar-refractivity contribution in [2.45, 2.75) is 6.92 Å². The molecule has 0 spiro atoms. The zero-order valence-electron chi connectivity index (χ0n) is 11.2. The number of rotatable bonds is 1. The largest absolute Gasteiger partial charge is 0.489 e. The second kappa shape index (κ2) is 5.25. The first kappa shape index (κ1) is 13.1. The molecule has 0 radical (unpaired) electrons. The quantitative estimate of drug-likeness (QED) is 0.807. The molecule has 3 rings (SSSR count). The molecule has 2 N–H and O–H groups in total. The van der Waals surface area contributed by atoms with E-state index in [1.807, 2.05) is 36.4 Å². The Morgan fingerprint density at radius 1 is 1.00 bits per heavy atom. The molecule has 20 heavy (non-hydrogen) atoms. The predicted octanol–water partition coefficient (Wildman–Crippen LogP) is 4.00. The summed E-state index contributed by atoms with van der Waals surface area (Å²) in [6.07, 6.45) is 0. The van der Waals surface area contributed by atoms with Crippen molar-refractivity contribution < 1.29 is 9.47 Å². The Labute approximate surface area is 123 Å². The lowest BCUT2D eigenvalue weighted by Crippen LogP contribution is -2.12. The van der Waals surface area contributed by atoms with E-state index in [1.165, 1.54) is 0 Å². The van der Waals surface area contributed by atoms with Crippen molar-refractivity contribution in [1.29, 1.82) is 0 Å². The van der Waals surface area contributed by atoms with Crippen LogP contribution < -0.4 is 15.2 Å². The standard InChI is InChI=1S/C16H16ClNO2/c1-10-8-19-15-5-3-12(7-16(15)20-9-10)11-2-4-14(18)13(17)6-11/h2-7,10H,8-9,18H2,1H3. The number of fused-ring (bicyclic) bond motifs is 1. The Hall–Kier alpha value is -1.87. The maximum Gasteiger partial charge on any atom is 0.161 e. The summed E-state index contributed by atoms with van der Waals surface area (Å²) in [5, 5.41) is 0.559. The van der Waals surface area contributed by atoms with Crippen LogP contribution in [0, 0.1) is 5.92 Å². The van der Waals surface area contributed by atoms with Gasteiger partial charge in [0, 0.05) is 5.92 Å². The Kier molecular flexibility index (Phi) is 3.45. The molecule has 104 valence electrons. The Bertz CT molecular complexity index is 642. The minimum Gasteiger partial charge on any atom is -0.489 e. The molecule has 1 heterocycles. The molecule has 0 aromatic heterocycles. The van der Waals surface area contributed by atoms with E-state index in [4.69, 9.17) is 26.8 Å². The fraction of sp³-hybridized carbons (Fsp3) is 0.250. The summed E-state index contributed by atoms with van der Waals surface area (Å²) < 4.78 is 11.5. The van der Waals surface area contributed by atoms with Gasteiger partial charge in [-0.15, -0.1) is 0 Å². The van der Waals surface area contributed by atoms with Gasteiger partial charge in [-0.1, -0.05) is 30.7 Å². The molecular weight excluding hydrogens is 274 g/mol. The summed E-state index contributed by atoms with van der Waals surface area (Å²) in [4.78, 5) is 0. The van der Waals surface area contributed by atoms with E-state index in [1.54, 1.807) is 0 Å². The third-order valence-electron chi connectivity index (χ3n) is 3.32. The number of hydrogen-bond donors (Lipinski definition) is 1. The minimum absolute atomic E-state index is 0.386. The lowest BCUT2D eigenvalue weighted by atomic mass is 10.0. The van der Waals surface area contributed by atoms with Crippen LogP contribution in [0.4, 0.5) is 5.69 Å². The number of ether oxygens (including phenoxy) is 2. The van der Waals surface area contributed by atoms with Crippen molar-refractivity contribution in [3.8, 4) is 22.6 Å². The van der Waals surface area contributed by atoms with Crippen LogP contribution in [0.3, 0.4) is 0 Å². The van der Waals surface area contributed by atoms with Gasteiger partial charge in [-0.25, -0.2) is 0 Å². The molecule has 2 aromatic carbocycles. The summed E-state index contributed by atoms with van der Waals surface area (Å²) >= 11 is 6.07. The number of nitrogen functional groups attached to an aromatic ring is 1. The molecule has 1 atom stereocenters. The van der Waals surface area contributed by atoms with E-state index in [0.717, 1.165) is 22.6 Å². The summed E-state index contributed by atoms with van der Waals surface area (Å²) in [7, 11) is 0. The first-order valence-electron chi connectivity index (χ1n) is 6.58. The van der Waals surface area contributed by atoms with E-state index in [-0.39, 0.29) is 0 Å². The highest BCUT2D eigenvalue weighted by Gasteiger charge is 2.15. The number of nitrogens with two attached hydrogens (primary N) is 1. The highest BCUT2D eigenvalue weighted by atomic mass is 35.5. The summed E-state index contributed by atoms with van der Waals surface area (Å²) in [5.74, 6) is 1.95.